The molecule has 0 aromatic heterocycles. The van der Waals surface area contributed by atoms with Gasteiger partial charge in [-0.15, -0.1) is 12.4 Å². The molecule has 0 heterocycles. The minimum Gasteiger partial charge on any atom is -0.493 e. The van der Waals surface area contributed by atoms with Crippen molar-refractivity contribution in [1.82, 2.24) is 10.6 Å². The average molecular weight is 333 g/mol. The van der Waals surface area contributed by atoms with Crippen molar-refractivity contribution in [2.24, 2.45) is 0 Å². The number of hydrogen-bond donors (Lipinski definition) is 2. The Hall–Kier alpha value is -1.66. The zero-order valence-electron chi connectivity index (χ0n) is 13.7. The van der Waals surface area contributed by atoms with Gasteiger partial charge in [-0.1, -0.05) is 0 Å². The molecule has 1 atom stereocenters. The summed E-state index contributed by atoms with van der Waals surface area (Å²) in [7, 11) is 6.51. The fourth-order valence-electron chi connectivity index (χ4n) is 1.85. The molecule has 7 heteroatoms. The summed E-state index contributed by atoms with van der Waals surface area (Å²) in [4.78, 5) is 11.9. The molecule has 0 fully saturated rings. The molecule has 0 saturated carbocycles. The molecule has 1 aromatic rings. The predicted octanol–water partition coefficient (Wildman–Crippen LogP) is 1.40. The molecule has 6 nitrogen and oxygen atoms in total. The van der Waals surface area contributed by atoms with Crippen molar-refractivity contribution in [3.05, 3.63) is 17.7 Å². The second kappa shape index (κ2) is 10.1. The number of halogens is 1. The maximum Gasteiger partial charge on any atom is 0.224 e. The fraction of sp³-hybridized carbons (Fsp3) is 0.533. The summed E-state index contributed by atoms with van der Waals surface area (Å²) in [5.41, 5.74) is 0.805. The van der Waals surface area contributed by atoms with Gasteiger partial charge in [0.2, 0.25) is 11.7 Å². The number of carbonyl (C=O) groups excluding carboxylic acids is 1. The Morgan fingerprint density at radius 1 is 1.14 bits per heavy atom. The molecule has 0 radical (unpaired) electrons. The molecule has 1 unspecified atom stereocenters. The zero-order valence-corrected chi connectivity index (χ0v) is 14.5. The van der Waals surface area contributed by atoms with E-state index in [0.29, 0.717) is 23.8 Å². The van der Waals surface area contributed by atoms with Gasteiger partial charge in [0.15, 0.2) is 11.5 Å². The molecule has 126 valence electrons. The topological polar surface area (TPSA) is 68.8 Å². The van der Waals surface area contributed by atoms with E-state index in [2.05, 4.69) is 10.6 Å². The van der Waals surface area contributed by atoms with E-state index in [0.717, 1.165) is 5.56 Å². The standard InChI is InChI=1S/C15H24N2O4.ClH/c1-10(16-2)9-17-14(18)8-11-6-12(19-3)15(21-5)13(7-11)20-4;/h6-7,10,16H,8-9H2,1-5H3,(H,17,18);1H. The van der Waals surface area contributed by atoms with Crippen LogP contribution in [0.5, 0.6) is 17.2 Å². The summed E-state index contributed by atoms with van der Waals surface area (Å²) in [5, 5.41) is 5.94. The number of likely N-dealkylation sites (N-methyl/N-ethyl adjacent to an activating group) is 1. The first-order valence-electron chi connectivity index (χ1n) is 6.78. The lowest BCUT2D eigenvalue weighted by atomic mass is 10.1. The van der Waals surface area contributed by atoms with E-state index in [4.69, 9.17) is 14.2 Å². The van der Waals surface area contributed by atoms with Gasteiger partial charge >= 0.3 is 0 Å². The van der Waals surface area contributed by atoms with Crippen molar-refractivity contribution in [1.29, 1.82) is 0 Å². The van der Waals surface area contributed by atoms with Crippen LogP contribution in [0.4, 0.5) is 0 Å². The number of benzene rings is 1. The molecule has 1 rings (SSSR count). The van der Waals surface area contributed by atoms with Crippen molar-refractivity contribution >= 4 is 18.3 Å². The average Bonchev–Trinajstić information content (AvgIpc) is 2.51. The maximum atomic E-state index is 11.9. The number of ether oxygens (including phenoxy) is 3. The number of amides is 1. The van der Waals surface area contributed by atoms with Crippen LogP contribution in [0.3, 0.4) is 0 Å². The first-order valence-corrected chi connectivity index (χ1v) is 6.78. The second-order valence-corrected chi connectivity index (χ2v) is 4.70. The smallest absolute Gasteiger partial charge is 0.224 e. The summed E-state index contributed by atoms with van der Waals surface area (Å²) >= 11 is 0. The summed E-state index contributed by atoms with van der Waals surface area (Å²) < 4.78 is 15.8. The number of carbonyl (C=O) groups is 1. The highest BCUT2D eigenvalue weighted by molar-refractivity contribution is 5.85. The molecule has 22 heavy (non-hydrogen) atoms. The van der Waals surface area contributed by atoms with E-state index in [-0.39, 0.29) is 30.8 Å². The van der Waals surface area contributed by atoms with E-state index < -0.39 is 0 Å². The number of methoxy groups -OCH3 is 3. The molecular formula is C15H25ClN2O4. The Bertz CT molecular complexity index is 458. The molecule has 1 amide bonds. The number of rotatable bonds is 8. The van der Waals surface area contributed by atoms with Crippen LogP contribution in [-0.2, 0) is 11.2 Å². The largest absolute Gasteiger partial charge is 0.493 e. The minimum atomic E-state index is -0.0497. The van der Waals surface area contributed by atoms with Crippen molar-refractivity contribution < 1.29 is 19.0 Å². The summed E-state index contributed by atoms with van der Waals surface area (Å²) in [6.45, 7) is 2.58. The van der Waals surface area contributed by atoms with Gasteiger partial charge in [0, 0.05) is 12.6 Å². The van der Waals surface area contributed by atoms with E-state index in [9.17, 15) is 4.79 Å². The molecule has 0 spiro atoms. The molecule has 0 saturated heterocycles. The zero-order chi connectivity index (χ0) is 15.8. The highest BCUT2D eigenvalue weighted by atomic mass is 35.5. The van der Waals surface area contributed by atoms with Crippen LogP contribution in [0.2, 0.25) is 0 Å². The first-order chi connectivity index (χ1) is 10.0. The van der Waals surface area contributed by atoms with Crippen LogP contribution in [0, 0.1) is 0 Å². The predicted molar refractivity (Wildman–Crippen MR) is 88.6 cm³/mol. The minimum absolute atomic E-state index is 0. The van der Waals surface area contributed by atoms with Gasteiger partial charge < -0.3 is 24.8 Å². The van der Waals surface area contributed by atoms with Gasteiger partial charge in [0.1, 0.15) is 0 Å². The SMILES string of the molecule is CNC(C)CNC(=O)Cc1cc(OC)c(OC)c(OC)c1.Cl. The van der Waals surface area contributed by atoms with Crippen LogP contribution in [0.1, 0.15) is 12.5 Å². The highest BCUT2D eigenvalue weighted by Gasteiger charge is 2.15. The lowest BCUT2D eigenvalue weighted by Crippen LogP contribution is -2.37. The molecule has 0 aliphatic rings. The van der Waals surface area contributed by atoms with Gasteiger partial charge in [-0.2, -0.15) is 0 Å². The van der Waals surface area contributed by atoms with Gasteiger partial charge in [-0.3, -0.25) is 4.79 Å². The first kappa shape index (κ1) is 20.3. The molecule has 1 aromatic carbocycles. The molecule has 0 bridgehead atoms. The Morgan fingerprint density at radius 2 is 1.68 bits per heavy atom. The second-order valence-electron chi connectivity index (χ2n) is 4.70. The third-order valence-corrected chi connectivity index (χ3v) is 3.19. The number of hydrogen-bond acceptors (Lipinski definition) is 5. The normalized spacial score (nSPS) is 11.1. The van der Waals surface area contributed by atoms with Crippen molar-refractivity contribution in [2.75, 3.05) is 34.9 Å². The third-order valence-electron chi connectivity index (χ3n) is 3.19. The van der Waals surface area contributed by atoms with Crippen molar-refractivity contribution in [3.63, 3.8) is 0 Å². The van der Waals surface area contributed by atoms with E-state index >= 15 is 0 Å². The monoisotopic (exact) mass is 332 g/mol. The Balaban J connectivity index is 0.00000441. The van der Waals surface area contributed by atoms with Crippen LogP contribution in [0.25, 0.3) is 0 Å². The maximum absolute atomic E-state index is 11.9. The van der Waals surface area contributed by atoms with E-state index in [1.807, 2.05) is 14.0 Å². The summed E-state index contributed by atoms with van der Waals surface area (Å²) in [5.74, 6) is 1.56. The van der Waals surface area contributed by atoms with E-state index in [1.54, 1.807) is 33.5 Å². The number of nitrogens with one attached hydrogen (secondary N) is 2. The van der Waals surface area contributed by atoms with E-state index in [1.165, 1.54) is 0 Å². The van der Waals surface area contributed by atoms with Gasteiger partial charge in [0.25, 0.3) is 0 Å². The van der Waals surface area contributed by atoms with Crippen molar-refractivity contribution in [3.8, 4) is 17.2 Å². The Kier molecular flexibility index (Phi) is 9.37. The molecular weight excluding hydrogens is 308 g/mol. The van der Waals surface area contributed by atoms with Crippen LogP contribution in [-0.4, -0.2) is 46.9 Å². The lowest BCUT2D eigenvalue weighted by molar-refractivity contribution is -0.120. The molecule has 0 aliphatic heterocycles. The third kappa shape index (κ3) is 5.61. The fourth-order valence-corrected chi connectivity index (χ4v) is 1.85. The lowest BCUT2D eigenvalue weighted by Gasteiger charge is -2.15. The van der Waals surface area contributed by atoms with Gasteiger partial charge in [-0.05, 0) is 31.7 Å². The Labute approximate surface area is 137 Å². The van der Waals surface area contributed by atoms with Crippen LogP contribution >= 0.6 is 12.4 Å². The Morgan fingerprint density at radius 3 is 2.09 bits per heavy atom. The summed E-state index contributed by atoms with van der Waals surface area (Å²) in [6.07, 6.45) is 0.257. The molecule has 0 aliphatic carbocycles. The van der Waals surface area contributed by atoms with Crippen LogP contribution in [0.15, 0.2) is 12.1 Å². The van der Waals surface area contributed by atoms with Crippen molar-refractivity contribution in [2.45, 2.75) is 19.4 Å². The van der Waals surface area contributed by atoms with Gasteiger partial charge in [-0.25, -0.2) is 0 Å². The molecule has 2 N–H and O–H groups in total. The van der Waals surface area contributed by atoms with Crippen LogP contribution < -0.4 is 24.8 Å². The highest BCUT2D eigenvalue weighted by Crippen LogP contribution is 2.38. The summed E-state index contributed by atoms with van der Waals surface area (Å²) in [6, 6.07) is 3.79. The quantitative estimate of drug-likeness (QED) is 0.753. The van der Waals surface area contributed by atoms with Gasteiger partial charge in [0.05, 0.1) is 27.8 Å².